The zero-order valence-corrected chi connectivity index (χ0v) is 7.35. The molecule has 0 aromatic carbocycles. The van der Waals surface area contributed by atoms with E-state index in [0.29, 0.717) is 5.75 Å². The summed E-state index contributed by atoms with van der Waals surface area (Å²) in [5.41, 5.74) is 0. The van der Waals surface area contributed by atoms with Crippen LogP contribution < -0.4 is 0 Å². The number of thioether (sulfide) groups is 1. The molecule has 0 aliphatic rings. The van der Waals surface area contributed by atoms with E-state index in [1.165, 1.54) is 14.2 Å². The minimum absolute atomic E-state index is 0.493. The van der Waals surface area contributed by atoms with E-state index in [-0.39, 0.29) is 0 Å². The number of aliphatic hydroxyl groups excluding tert-OH is 1. The number of rotatable bonds is 5. The number of hydrogen-bond acceptors (Lipinski definition) is 4. The van der Waals surface area contributed by atoms with Crippen LogP contribution in [0.2, 0.25) is 0 Å². The van der Waals surface area contributed by atoms with Gasteiger partial charge in [0.15, 0.2) is 6.29 Å². The van der Waals surface area contributed by atoms with Crippen molar-refractivity contribution in [1.29, 1.82) is 0 Å². The molecule has 0 amide bonds. The zero-order chi connectivity index (χ0) is 7.98. The van der Waals surface area contributed by atoms with Gasteiger partial charge in [-0.05, 0) is 6.26 Å². The molecule has 0 aromatic heterocycles. The molecule has 1 N–H and O–H groups in total. The summed E-state index contributed by atoms with van der Waals surface area (Å²) in [6.45, 7) is 0. The molecule has 4 heteroatoms. The van der Waals surface area contributed by atoms with Crippen molar-refractivity contribution in [3.63, 3.8) is 0 Å². The van der Waals surface area contributed by atoms with Gasteiger partial charge in [0.1, 0.15) is 6.10 Å². The summed E-state index contributed by atoms with van der Waals surface area (Å²) in [5.74, 6) is 0.631. The SMILES string of the molecule is COC(OC)C(O)CSC. The van der Waals surface area contributed by atoms with E-state index in [1.807, 2.05) is 6.26 Å². The molecule has 0 rings (SSSR count). The van der Waals surface area contributed by atoms with Gasteiger partial charge in [-0.15, -0.1) is 0 Å². The van der Waals surface area contributed by atoms with Gasteiger partial charge < -0.3 is 14.6 Å². The maximum absolute atomic E-state index is 9.24. The Morgan fingerprint density at radius 1 is 1.40 bits per heavy atom. The highest BCUT2D eigenvalue weighted by Crippen LogP contribution is 2.04. The van der Waals surface area contributed by atoms with Gasteiger partial charge in [-0.2, -0.15) is 11.8 Å². The van der Waals surface area contributed by atoms with E-state index in [1.54, 1.807) is 11.8 Å². The number of methoxy groups -OCH3 is 2. The van der Waals surface area contributed by atoms with E-state index < -0.39 is 12.4 Å². The lowest BCUT2D eigenvalue weighted by Gasteiger charge is -2.18. The molecule has 1 unspecified atom stereocenters. The monoisotopic (exact) mass is 166 g/mol. The normalized spacial score (nSPS) is 14.1. The summed E-state index contributed by atoms with van der Waals surface area (Å²) in [7, 11) is 3.02. The van der Waals surface area contributed by atoms with E-state index in [2.05, 4.69) is 0 Å². The van der Waals surface area contributed by atoms with E-state index in [4.69, 9.17) is 9.47 Å². The molecule has 0 saturated carbocycles. The third-order valence-corrected chi connectivity index (χ3v) is 1.79. The van der Waals surface area contributed by atoms with Crippen molar-refractivity contribution in [2.75, 3.05) is 26.2 Å². The van der Waals surface area contributed by atoms with Gasteiger partial charge in [0, 0.05) is 20.0 Å². The van der Waals surface area contributed by atoms with Crippen molar-refractivity contribution in [2.45, 2.75) is 12.4 Å². The summed E-state index contributed by atoms with van der Waals surface area (Å²) in [6.07, 6.45) is 0.892. The molecule has 0 saturated heterocycles. The van der Waals surface area contributed by atoms with E-state index >= 15 is 0 Å². The Morgan fingerprint density at radius 3 is 2.20 bits per heavy atom. The minimum Gasteiger partial charge on any atom is -0.387 e. The van der Waals surface area contributed by atoms with Crippen LogP contribution in [0.5, 0.6) is 0 Å². The molecule has 62 valence electrons. The average Bonchev–Trinajstić information content (AvgIpc) is 1.91. The summed E-state index contributed by atoms with van der Waals surface area (Å²) in [4.78, 5) is 0. The first kappa shape index (κ1) is 10.2. The fourth-order valence-corrected chi connectivity index (χ4v) is 1.16. The lowest BCUT2D eigenvalue weighted by atomic mass is 10.4. The van der Waals surface area contributed by atoms with Gasteiger partial charge >= 0.3 is 0 Å². The third-order valence-electron chi connectivity index (χ3n) is 1.12. The Hall–Kier alpha value is 0.230. The highest BCUT2D eigenvalue weighted by molar-refractivity contribution is 7.98. The summed E-state index contributed by atoms with van der Waals surface area (Å²) in [5, 5.41) is 9.24. The average molecular weight is 166 g/mol. The van der Waals surface area contributed by atoms with Crippen molar-refractivity contribution in [1.82, 2.24) is 0 Å². The first-order valence-corrected chi connectivity index (χ1v) is 4.38. The van der Waals surface area contributed by atoms with Crippen LogP contribution in [0.15, 0.2) is 0 Å². The summed E-state index contributed by atoms with van der Waals surface area (Å²) >= 11 is 1.56. The Balaban J connectivity index is 3.53. The van der Waals surface area contributed by atoms with Crippen LogP contribution in [-0.4, -0.2) is 43.7 Å². The number of hydrogen-bond donors (Lipinski definition) is 1. The first-order chi connectivity index (χ1) is 4.76. The fraction of sp³-hybridized carbons (Fsp3) is 1.00. The van der Waals surface area contributed by atoms with Gasteiger partial charge in [0.05, 0.1) is 0 Å². The minimum atomic E-state index is -0.537. The predicted molar refractivity (Wildman–Crippen MR) is 42.2 cm³/mol. The molecule has 0 aromatic rings. The fourth-order valence-electron chi connectivity index (χ4n) is 0.660. The molecule has 1 atom stereocenters. The van der Waals surface area contributed by atoms with E-state index in [0.717, 1.165) is 0 Å². The van der Waals surface area contributed by atoms with Gasteiger partial charge in [-0.1, -0.05) is 0 Å². The quantitative estimate of drug-likeness (QED) is 0.597. The Morgan fingerprint density at radius 2 is 1.90 bits per heavy atom. The van der Waals surface area contributed by atoms with Crippen LogP contribution in [0.3, 0.4) is 0 Å². The van der Waals surface area contributed by atoms with Crippen LogP contribution in [0.25, 0.3) is 0 Å². The van der Waals surface area contributed by atoms with Gasteiger partial charge in [0.25, 0.3) is 0 Å². The second-order valence-corrected chi connectivity index (χ2v) is 2.77. The maximum Gasteiger partial charge on any atom is 0.183 e. The Kier molecular flexibility index (Phi) is 6.11. The molecule has 0 aliphatic heterocycles. The standard InChI is InChI=1S/C6H14O3S/c1-8-6(9-2)5(7)4-10-3/h5-7H,4H2,1-3H3. The van der Waals surface area contributed by atoms with Crippen molar-refractivity contribution in [2.24, 2.45) is 0 Å². The molecule has 0 radical (unpaired) electrons. The Labute approximate surface area is 65.7 Å². The lowest BCUT2D eigenvalue weighted by molar-refractivity contribution is -0.156. The number of aliphatic hydroxyl groups is 1. The largest absolute Gasteiger partial charge is 0.387 e. The molecule has 0 heterocycles. The summed E-state index contributed by atoms with van der Waals surface area (Å²) in [6, 6.07) is 0. The second kappa shape index (κ2) is 5.97. The predicted octanol–water partition coefficient (Wildman–Crippen LogP) is 0.329. The molecule has 0 bridgehead atoms. The smallest absolute Gasteiger partial charge is 0.183 e. The first-order valence-electron chi connectivity index (χ1n) is 2.98. The van der Waals surface area contributed by atoms with Crippen LogP contribution in [0.1, 0.15) is 0 Å². The molecule has 0 fully saturated rings. The Bertz CT molecular complexity index is 75.4. The molecule has 0 aliphatic carbocycles. The highest BCUT2D eigenvalue weighted by Gasteiger charge is 2.16. The van der Waals surface area contributed by atoms with Crippen LogP contribution in [0, 0.1) is 0 Å². The molecular weight excluding hydrogens is 152 g/mol. The lowest BCUT2D eigenvalue weighted by Crippen LogP contribution is -2.31. The van der Waals surface area contributed by atoms with Crippen molar-refractivity contribution >= 4 is 11.8 Å². The molecule has 0 spiro atoms. The molecular formula is C6H14O3S. The third kappa shape index (κ3) is 3.41. The maximum atomic E-state index is 9.24. The van der Waals surface area contributed by atoms with Gasteiger partial charge in [-0.25, -0.2) is 0 Å². The highest BCUT2D eigenvalue weighted by atomic mass is 32.2. The van der Waals surface area contributed by atoms with Crippen LogP contribution in [-0.2, 0) is 9.47 Å². The van der Waals surface area contributed by atoms with Gasteiger partial charge in [-0.3, -0.25) is 0 Å². The zero-order valence-electron chi connectivity index (χ0n) is 6.53. The van der Waals surface area contributed by atoms with Crippen molar-refractivity contribution in [3.05, 3.63) is 0 Å². The van der Waals surface area contributed by atoms with Crippen molar-refractivity contribution < 1.29 is 14.6 Å². The second-order valence-electron chi connectivity index (χ2n) is 1.86. The van der Waals surface area contributed by atoms with Crippen LogP contribution >= 0.6 is 11.8 Å². The summed E-state index contributed by atoms with van der Waals surface area (Å²) < 4.78 is 9.66. The van der Waals surface area contributed by atoms with Crippen molar-refractivity contribution in [3.8, 4) is 0 Å². The molecule has 3 nitrogen and oxygen atoms in total. The van der Waals surface area contributed by atoms with E-state index in [9.17, 15) is 5.11 Å². The van der Waals surface area contributed by atoms with Gasteiger partial charge in [0.2, 0.25) is 0 Å². The number of ether oxygens (including phenoxy) is 2. The van der Waals surface area contributed by atoms with Crippen LogP contribution in [0.4, 0.5) is 0 Å². The topological polar surface area (TPSA) is 38.7 Å². The molecule has 10 heavy (non-hydrogen) atoms.